The molecule has 3 N–H and O–H groups in total. The Balaban J connectivity index is 2.32. The Hall–Kier alpha value is -1.40. The highest BCUT2D eigenvalue weighted by atomic mass is 16.6. The number of hydrogen-bond donors (Lipinski definition) is 3. The third-order valence-corrected chi connectivity index (χ3v) is 3.07. The van der Waals surface area contributed by atoms with Crippen LogP contribution in [0.15, 0.2) is 9.59 Å². The van der Waals surface area contributed by atoms with Crippen molar-refractivity contribution in [2.24, 2.45) is 5.92 Å². The van der Waals surface area contributed by atoms with Crippen LogP contribution in [0.4, 0.5) is 11.4 Å². The third kappa shape index (κ3) is 4.94. The number of hydrogen-bond acceptors (Lipinski definition) is 6. The van der Waals surface area contributed by atoms with Crippen LogP contribution in [-0.2, 0) is 4.84 Å². The molecule has 0 spiro atoms. The molecule has 0 saturated carbocycles. The Labute approximate surface area is 119 Å². The number of anilines is 2. The molecule has 20 heavy (non-hydrogen) atoms. The summed E-state index contributed by atoms with van der Waals surface area (Å²) < 4.78 is 0. The van der Waals surface area contributed by atoms with Crippen molar-refractivity contribution < 1.29 is 4.84 Å². The molecule has 0 bridgehead atoms. The maximum Gasteiger partial charge on any atom is 0.253 e. The van der Waals surface area contributed by atoms with Gasteiger partial charge in [0.2, 0.25) is 0 Å². The number of unbranched alkanes of at least 4 members (excludes halogenated alkanes) is 1. The molecule has 1 rings (SSSR count). The lowest BCUT2D eigenvalue weighted by atomic mass is 10.1. The van der Waals surface area contributed by atoms with Crippen molar-refractivity contribution in [2.45, 2.75) is 33.1 Å². The second kappa shape index (κ2) is 8.71. The fourth-order valence-corrected chi connectivity index (χ4v) is 1.95. The molecule has 0 unspecified atom stereocenters. The van der Waals surface area contributed by atoms with Crippen molar-refractivity contribution in [2.75, 3.05) is 37.4 Å². The molecule has 0 atom stereocenters. The number of nitrogens with one attached hydrogen (secondary N) is 3. The second-order valence-electron chi connectivity index (χ2n) is 5.20. The predicted octanol–water partition coefficient (Wildman–Crippen LogP) is 1.08. The minimum Gasteiger partial charge on any atom is -0.380 e. The first-order chi connectivity index (χ1) is 9.57. The maximum absolute atomic E-state index is 11.5. The number of hydroxylamine groups is 1. The summed E-state index contributed by atoms with van der Waals surface area (Å²) in [5, 5.41) is 5.98. The molecular weight excluding hydrogens is 258 g/mol. The van der Waals surface area contributed by atoms with Gasteiger partial charge >= 0.3 is 0 Å². The first-order valence-corrected chi connectivity index (χ1v) is 7.17. The standard InChI is InChI=1S/C14H25N3O3/c1-10(2)6-4-5-7-16-11-12(14(19)13(11)18)17-8-9-20-15-3/h10,15-17H,4-9H2,1-3H3. The van der Waals surface area contributed by atoms with Crippen molar-refractivity contribution >= 4 is 11.4 Å². The number of rotatable bonds is 11. The van der Waals surface area contributed by atoms with Crippen LogP contribution in [0.3, 0.4) is 0 Å². The van der Waals surface area contributed by atoms with Gasteiger partial charge in [-0.1, -0.05) is 26.7 Å². The quantitative estimate of drug-likeness (QED) is 0.320. The molecule has 6 heteroatoms. The van der Waals surface area contributed by atoms with Crippen LogP contribution in [0.25, 0.3) is 0 Å². The largest absolute Gasteiger partial charge is 0.380 e. The molecule has 6 nitrogen and oxygen atoms in total. The van der Waals surface area contributed by atoms with Gasteiger partial charge in [-0.3, -0.25) is 9.59 Å². The lowest BCUT2D eigenvalue weighted by Gasteiger charge is -2.14. The van der Waals surface area contributed by atoms with Crippen molar-refractivity contribution in [3.8, 4) is 0 Å². The van der Waals surface area contributed by atoms with Gasteiger partial charge in [-0.15, -0.1) is 0 Å². The van der Waals surface area contributed by atoms with Crippen molar-refractivity contribution in [1.82, 2.24) is 5.48 Å². The summed E-state index contributed by atoms with van der Waals surface area (Å²) in [4.78, 5) is 27.9. The minimum absolute atomic E-state index is 0.388. The molecular formula is C14H25N3O3. The van der Waals surface area contributed by atoms with Gasteiger partial charge in [-0.05, 0) is 12.3 Å². The molecule has 0 fully saturated rings. The van der Waals surface area contributed by atoms with Gasteiger partial charge in [-0.2, -0.15) is 0 Å². The summed E-state index contributed by atoms with van der Waals surface area (Å²) in [6, 6.07) is 0. The van der Waals surface area contributed by atoms with Crippen LogP contribution in [0.2, 0.25) is 0 Å². The van der Waals surface area contributed by atoms with E-state index in [0.29, 0.717) is 30.4 Å². The van der Waals surface area contributed by atoms with Crippen LogP contribution in [0.1, 0.15) is 33.1 Å². The molecule has 0 radical (unpaired) electrons. The summed E-state index contributed by atoms with van der Waals surface area (Å²) in [7, 11) is 1.67. The fraction of sp³-hybridized carbons (Fsp3) is 0.714. The SMILES string of the molecule is CNOCCNc1c(NCCCCC(C)C)c(=O)c1=O. The average Bonchev–Trinajstić information content (AvgIpc) is 2.43. The summed E-state index contributed by atoms with van der Waals surface area (Å²) in [6.07, 6.45) is 3.30. The highest BCUT2D eigenvalue weighted by Gasteiger charge is 2.19. The molecule has 0 aliphatic heterocycles. The van der Waals surface area contributed by atoms with Gasteiger partial charge in [-0.25, -0.2) is 5.48 Å². The molecule has 0 aliphatic carbocycles. The normalized spacial score (nSPS) is 11.2. The Morgan fingerprint density at radius 1 is 1.00 bits per heavy atom. The summed E-state index contributed by atoms with van der Waals surface area (Å²) in [5.74, 6) is 0.700. The fourth-order valence-electron chi connectivity index (χ4n) is 1.95. The maximum atomic E-state index is 11.5. The Kier molecular flexibility index (Phi) is 7.25. The first kappa shape index (κ1) is 16.7. The molecule has 1 aromatic carbocycles. The van der Waals surface area contributed by atoms with Gasteiger partial charge in [0.05, 0.1) is 6.61 Å². The van der Waals surface area contributed by atoms with Crippen LogP contribution >= 0.6 is 0 Å². The van der Waals surface area contributed by atoms with E-state index in [-0.39, 0.29) is 0 Å². The first-order valence-electron chi connectivity index (χ1n) is 7.17. The zero-order chi connectivity index (χ0) is 15.0. The highest BCUT2D eigenvalue weighted by Crippen LogP contribution is 2.14. The van der Waals surface area contributed by atoms with Gasteiger partial charge in [0, 0.05) is 20.1 Å². The molecule has 0 heterocycles. The van der Waals surface area contributed by atoms with Crippen LogP contribution in [0, 0.1) is 5.92 Å². The van der Waals surface area contributed by atoms with E-state index in [1.54, 1.807) is 7.05 Å². The average molecular weight is 283 g/mol. The van der Waals surface area contributed by atoms with E-state index < -0.39 is 10.9 Å². The lowest BCUT2D eigenvalue weighted by molar-refractivity contribution is 0.0659. The van der Waals surface area contributed by atoms with E-state index >= 15 is 0 Å². The van der Waals surface area contributed by atoms with Crippen molar-refractivity contribution in [1.29, 1.82) is 0 Å². The van der Waals surface area contributed by atoms with Crippen molar-refractivity contribution in [3.05, 3.63) is 20.4 Å². The van der Waals surface area contributed by atoms with Gasteiger partial charge in [0.25, 0.3) is 10.9 Å². The van der Waals surface area contributed by atoms with Crippen LogP contribution < -0.4 is 27.0 Å². The Morgan fingerprint density at radius 2 is 1.60 bits per heavy atom. The highest BCUT2D eigenvalue weighted by molar-refractivity contribution is 5.73. The van der Waals surface area contributed by atoms with Crippen molar-refractivity contribution in [3.63, 3.8) is 0 Å². The zero-order valence-corrected chi connectivity index (χ0v) is 12.5. The predicted molar refractivity (Wildman–Crippen MR) is 82.0 cm³/mol. The monoisotopic (exact) mass is 283 g/mol. The van der Waals surface area contributed by atoms with Crippen LogP contribution in [-0.4, -0.2) is 26.7 Å². The summed E-state index contributed by atoms with van der Waals surface area (Å²) >= 11 is 0. The molecule has 0 aromatic heterocycles. The smallest absolute Gasteiger partial charge is 0.253 e. The van der Waals surface area contributed by atoms with E-state index in [0.717, 1.165) is 19.4 Å². The molecule has 1 aromatic rings. The molecule has 0 saturated heterocycles. The van der Waals surface area contributed by atoms with E-state index in [1.807, 2.05) is 0 Å². The van der Waals surface area contributed by atoms with Gasteiger partial charge in [0.1, 0.15) is 11.4 Å². The van der Waals surface area contributed by atoms with Crippen LogP contribution in [0.5, 0.6) is 0 Å². The Morgan fingerprint density at radius 3 is 2.15 bits per heavy atom. The minimum atomic E-state index is -0.445. The summed E-state index contributed by atoms with van der Waals surface area (Å²) in [6.45, 7) is 6.01. The van der Waals surface area contributed by atoms with E-state index in [4.69, 9.17) is 4.84 Å². The Bertz CT molecular complexity index is 464. The molecule has 0 aliphatic rings. The molecule has 0 amide bonds. The second-order valence-corrected chi connectivity index (χ2v) is 5.20. The van der Waals surface area contributed by atoms with Gasteiger partial charge < -0.3 is 15.5 Å². The molecule has 114 valence electrons. The lowest BCUT2D eigenvalue weighted by Crippen LogP contribution is -2.38. The zero-order valence-electron chi connectivity index (χ0n) is 12.5. The summed E-state index contributed by atoms with van der Waals surface area (Å²) in [5.41, 5.74) is 2.48. The van der Waals surface area contributed by atoms with E-state index in [2.05, 4.69) is 30.0 Å². The van der Waals surface area contributed by atoms with E-state index in [1.165, 1.54) is 6.42 Å². The topological polar surface area (TPSA) is 79.5 Å². The van der Waals surface area contributed by atoms with Gasteiger partial charge in [0.15, 0.2) is 0 Å². The third-order valence-electron chi connectivity index (χ3n) is 3.07. The van der Waals surface area contributed by atoms with E-state index in [9.17, 15) is 9.59 Å².